The average Bonchev–Trinajstić information content (AvgIpc) is 3.01. The van der Waals surface area contributed by atoms with Crippen molar-refractivity contribution in [2.24, 2.45) is 5.92 Å². The zero-order chi connectivity index (χ0) is 19.1. The molecule has 1 aliphatic rings. The minimum atomic E-state index is -0.626. The zero-order valence-corrected chi connectivity index (χ0v) is 16.2. The topological polar surface area (TPSA) is 88.9 Å². The third-order valence-electron chi connectivity index (χ3n) is 4.73. The van der Waals surface area contributed by atoms with Crippen LogP contribution in [0.2, 0.25) is 0 Å². The molecule has 8 heteroatoms. The molecule has 1 heterocycles. The van der Waals surface area contributed by atoms with Crippen molar-refractivity contribution < 1.29 is 19.5 Å². The van der Waals surface area contributed by atoms with Crippen molar-refractivity contribution in [3.8, 4) is 0 Å². The van der Waals surface area contributed by atoms with E-state index < -0.39 is 12.2 Å². The normalized spacial score (nSPS) is 23.0. The summed E-state index contributed by atoms with van der Waals surface area (Å²) in [6.07, 6.45) is 6.74. The van der Waals surface area contributed by atoms with Crippen LogP contribution in [-0.2, 0) is 20.9 Å². The summed E-state index contributed by atoms with van der Waals surface area (Å²) in [5.41, 5.74) is 0.592. The number of carbonyl (C=O) groups is 1. The van der Waals surface area contributed by atoms with Crippen molar-refractivity contribution in [2.75, 3.05) is 26.0 Å². The van der Waals surface area contributed by atoms with E-state index in [1.54, 1.807) is 43.2 Å². The van der Waals surface area contributed by atoms with Gasteiger partial charge in [-0.1, -0.05) is 19.8 Å². The summed E-state index contributed by atoms with van der Waals surface area (Å²) in [6.45, 7) is 4.69. The number of ether oxygens (including phenoxy) is 1. The van der Waals surface area contributed by atoms with Crippen molar-refractivity contribution in [2.45, 2.75) is 64.4 Å². The number of aliphatic hydroxyl groups excluding tert-OH is 1. The first-order chi connectivity index (χ1) is 12.4. The highest BCUT2D eigenvalue weighted by Gasteiger charge is 2.24. The lowest BCUT2D eigenvalue weighted by atomic mass is 9.88. The van der Waals surface area contributed by atoms with Crippen LogP contribution < -0.4 is 5.32 Å². The molecule has 1 aromatic rings. The summed E-state index contributed by atoms with van der Waals surface area (Å²) in [5, 5.41) is 18.5. The molecule has 1 aromatic heterocycles. The molecule has 1 aliphatic carbocycles. The Kier molecular flexibility index (Phi) is 8.02. The van der Waals surface area contributed by atoms with Gasteiger partial charge >= 0.3 is 0 Å². The zero-order valence-electron chi connectivity index (χ0n) is 16.2. The van der Waals surface area contributed by atoms with Crippen molar-refractivity contribution in [1.82, 2.24) is 14.8 Å². The molecular weight excluding hydrogens is 336 g/mol. The van der Waals surface area contributed by atoms with Gasteiger partial charge in [-0.05, 0) is 25.7 Å². The molecule has 1 fully saturated rings. The van der Waals surface area contributed by atoms with E-state index in [1.807, 2.05) is 0 Å². The third kappa shape index (κ3) is 6.68. The van der Waals surface area contributed by atoms with Gasteiger partial charge in [-0.15, -0.1) is 0 Å². The van der Waals surface area contributed by atoms with E-state index in [0.717, 1.165) is 19.3 Å². The Morgan fingerprint density at radius 3 is 3.00 bits per heavy atom. The van der Waals surface area contributed by atoms with Gasteiger partial charge in [0.2, 0.25) is 0 Å². The van der Waals surface area contributed by atoms with Crippen LogP contribution >= 0.6 is 0 Å². The van der Waals surface area contributed by atoms with Crippen LogP contribution in [0.15, 0.2) is 12.4 Å². The van der Waals surface area contributed by atoms with E-state index in [1.165, 1.54) is 6.42 Å². The molecule has 0 saturated heterocycles. The second kappa shape index (κ2) is 10.0. The van der Waals surface area contributed by atoms with Crippen molar-refractivity contribution >= 4 is 11.6 Å². The second-order valence-electron chi connectivity index (χ2n) is 7.26. The number of hydrogen-bond donors (Lipinski definition) is 2. The quantitative estimate of drug-likeness (QED) is 0.645. The predicted octanol–water partition coefficient (Wildman–Crippen LogP) is 1.66. The lowest BCUT2D eigenvalue weighted by Crippen LogP contribution is -2.33. The summed E-state index contributed by atoms with van der Waals surface area (Å²) in [5.74, 6) is 0.480. The lowest BCUT2D eigenvalue weighted by molar-refractivity contribution is -0.131. The molecule has 0 radical (unpaired) electrons. The van der Waals surface area contributed by atoms with Crippen LogP contribution in [0, 0.1) is 5.92 Å². The number of carbonyl (C=O) groups excluding carboxylic acids is 1. The SMILES string of the molecule is CON(C)C[C@H](O)Cn1cc(NC(=O)[C@H](C)O[C@H]2CCC[C@@H](C)C2)cn1. The maximum Gasteiger partial charge on any atom is 0.253 e. The number of aliphatic hydroxyl groups is 1. The number of hydroxylamine groups is 2. The minimum absolute atomic E-state index is 0.162. The van der Waals surface area contributed by atoms with E-state index in [-0.39, 0.29) is 12.0 Å². The number of amides is 1. The van der Waals surface area contributed by atoms with Crippen LogP contribution in [0.3, 0.4) is 0 Å². The largest absolute Gasteiger partial charge is 0.390 e. The molecule has 0 aliphatic heterocycles. The number of nitrogens with zero attached hydrogens (tertiary/aromatic N) is 3. The Hall–Kier alpha value is -1.48. The van der Waals surface area contributed by atoms with Crippen LogP contribution in [0.25, 0.3) is 0 Å². The highest BCUT2D eigenvalue weighted by molar-refractivity contribution is 5.93. The van der Waals surface area contributed by atoms with E-state index in [9.17, 15) is 9.90 Å². The Balaban J connectivity index is 1.79. The highest BCUT2D eigenvalue weighted by atomic mass is 16.7. The Morgan fingerprint density at radius 2 is 2.31 bits per heavy atom. The molecule has 2 rings (SSSR count). The van der Waals surface area contributed by atoms with Gasteiger partial charge in [0.15, 0.2) is 0 Å². The van der Waals surface area contributed by atoms with Gasteiger partial charge in [-0.3, -0.25) is 9.48 Å². The maximum atomic E-state index is 12.3. The van der Waals surface area contributed by atoms with Crippen LogP contribution in [-0.4, -0.2) is 64.9 Å². The highest BCUT2D eigenvalue weighted by Crippen LogP contribution is 2.26. The smallest absolute Gasteiger partial charge is 0.253 e. The van der Waals surface area contributed by atoms with Gasteiger partial charge in [0.05, 0.1) is 44.3 Å². The molecular formula is C18H32N4O4. The first-order valence-electron chi connectivity index (χ1n) is 9.29. The van der Waals surface area contributed by atoms with E-state index in [0.29, 0.717) is 24.7 Å². The lowest BCUT2D eigenvalue weighted by Gasteiger charge is -2.28. The fourth-order valence-electron chi connectivity index (χ4n) is 3.27. The molecule has 1 saturated carbocycles. The molecule has 26 heavy (non-hydrogen) atoms. The minimum Gasteiger partial charge on any atom is -0.390 e. The van der Waals surface area contributed by atoms with E-state index >= 15 is 0 Å². The van der Waals surface area contributed by atoms with E-state index in [2.05, 4.69) is 17.3 Å². The summed E-state index contributed by atoms with van der Waals surface area (Å²) in [6, 6.07) is 0. The number of hydrogen-bond acceptors (Lipinski definition) is 6. The molecule has 2 N–H and O–H groups in total. The van der Waals surface area contributed by atoms with Gasteiger partial charge in [0.25, 0.3) is 5.91 Å². The number of anilines is 1. The van der Waals surface area contributed by atoms with Gasteiger partial charge in [-0.25, -0.2) is 0 Å². The summed E-state index contributed by atoms with van der Waals surface area (Å²) in [7, 11) is 3.29. The fraction of sp³-hybridized carbons (Fsp3) is 0.778. The number of likely N-dealkylation sites (N-methyl/N-ethyl adjacent to an activating group) is 1. The van der Waals surface area contributed by atoms with E-state index in [4.69, 9.17) is 9.57 Å². The molecule has 8 nitrogen and oxygen atoms in total. The van der Waals surface area contributed by atoms with Crippen LogP contribution in [0.5, 0.6) is 0 Å². The monoisotopic (exact) mass is 368 g/mol. The molecule has 1 amide bonds. The van der Waals surface area contributed by atoms with Gasteiger partial charge in [-0.2, -0.15) is 10.2 Å². The molecule has 0 spiro atoms. The standard InChI is InChI=1S/C18H32N4O4/c1-13-6-5-7-17(8-13)26-14(2)18(24)20-15-9-19-22(10-15)12-16(23)11-21(3)25-4/h9-10,13-14,16-17,23H,5-8,11-12H2,1-4H3,(H,20,24)/t13-,14+,16+,17+/m1/s1. The average molecular weight is 368 g/mol. The molecule has 0 bridgehead atoms. The number of aromatic nitrogens is 2. The van der Waals surface area contributed by atoms with Crippen molar-refractivity contribution in [1.29, 1.82) is 0 Å². The Labute approximate surface area is 155 Å². The number of rotatable bonds is 9. The summed E-state index contributed by atoms with van der Waals surface area (Å²) >= 11 is 0. The summed E-state index contributed by atoms with van der Waals surface area (Å²) < 4.78 is 7.52. The predicted molar refractivity (Wildman–Crippen MR) is 98.5 cm³/mol. The number of nitrogens with one attached hydrogen (secondary N) is 1. The first kappa shape index (κ1) is 20.8. The van der Waals surface area contributed by atoms with Gasteiger partial charge in [0.1, 0.15) is 6.10 Å². The van der Waals surface area contributed by atoms with Gasteiger partial charge in [0, 0.05) is 13.2 Å². The molecule has 0 aromatic carbocycles. The third-order valence-corrected chi connectivity index (χ3v) is 4.73. The Morgan fingerprint density at radius 1 is 1.54 bits per heavy atom. The molecule has 4 atom stereocenters. The molecule has 148 valence electrons. The first-order valence-corrected chi connectivity index (χ1v) is 9.29. The maximum absolute atomic E-state index is 12.3. The molecule has 0 unspecified atom stereocenters. The second-order valence-corrected chi connectivity index (χ2v) is 7.26. The van der Waals surface area contributed by atoms with Crippen LogP contribution in [0.4, 0.5) is 5.69 Å². The fourth-order valence-corrected chi connectivity index (χ4v) is 3.27. The van der Waals surface area contributed by atoms with Crippen LogP contribution in [0.1, 0.15) is 39.5 Å². The Bertz CT molecular complexity index is 565. The van der Waals surface area contributed by atoms with Crippen molar-refractivity contribution in [3.63, 3.8) is 0 Å². The van der Waals surface area contributed by atoms with Gasteiger partial charge < -0.3 is 20.0 Å². The van der Waals surface area contributed by atoms with Crippen molar-refractivity contribution in [3.05, 3.63) is 12.4 Å². The summed E-state index contributed by atoms with van der Waals surface area (Å²) in [4.78, 5) is 17.3.